The summed E-state index contributed by atoms with van der Waals surface area (Å²) in [6.07, 6.45) is 0.754. The Hall–Kier alpha value is -2.41. The van der Waals surface area contributed by atoms with E-state index in [0.717, 1.165) is 5.56 Å². The van der Waals surface area contributed by atoms with Crippen LogP contribution in [0.2, 0.25) is 0 Å². The van der Waals surface area contributed by atoms with Crippen LogP contribution in [0.15, 0.2) is 30.3 Å². The molecule has 146 valence electrons. The lowest BCUT2D eigenvalue weighted by Gasteiger charge is -2.40. The van der Waals surface area contributed by atoms with Crippen LogP contribution in [0, 0.1) is 5.92 Å². The molecule has 0 spiro atoms. The molecule has 0 N–H and O–H groups in total. The third kappa shape index (κ3) is 3.98. The summed E-state index contributed by atoms with van der Waals surface area (Å²) < 4.78 is 10.2. The van der Waals surface area contributed by atoms with Crippen molar-refractivity contribution >= 4 is 17.8 Å². The summed E-state index contributed by atoms with van der Waals surface area (Å²) in [7, 11) is 1.37. The van der Waals surface area contributed by atoms with Crippen molar-refractivity contribution in [1.29, 1.82) is 0 Å². The van der Waals surface area contributed by atoms with Crippen LogP contribution in [0.25, 0.3) is 0 Å². The lowest BCUT2D eigenvalue weighted by Crippen LogP contribution is -2.56. The van der Waals surface area contributed by atoms with Crippen LogP contribution in [0.3, 0.4) is 0 Å². The van der Waals surface area contributed by atoms with E-state index in [-0.39, 0.29) is 42.8 Å². The Labute approximate surface area is 159 Å². The van der Waals surface area contributed by atoms with E-state index in [1.165, 1.54) is 7.11 Å². The first-order valence-electron chi connectivity index (χ1n) is 9.36. The molecule has 2 amide bonds. The Morgan fingerprint density at radius 2 is 1.96 bits per heavy atom. The van der Waals surface area contributed by atoms with Gasteiger partial charge >= 0.3 is 5.97 Å². The molecule has 7 heteroatoms. The molecule has 7 nitrogen and oxygen atoms in total. The van der Waals surface area contributed by atoms with Gasteiger partial charge in [0.15, 0.2) is 0 Å². The van der Waals surface area contributed by atoms with Crippen LogP contribution in [-0.2, 0) is 23.9 Å². The van der Waals surface area contributed by atoms with Gasteiger partial charge in [0, 0.05) is 13.2 Å². The number of piperazine rings is 1. The molecule has 2 aliphatic heterocycles. The van der Waals surface area contributed by atoms with E-state index >= 15 is 0 Å². The minimum absolute atomic E-state index is 0.0404. The second-order valence-electron chi connectivity index (χ2n) is 6.90. The van der Waals surface area contributed by atoms with Crippen LogP contribution >= 0.6 is 0 Å². The van der Waals surface area contributed by atoms with E-state index < -0.39 is 5.92 Å². The second-order valence-corrected chi connectivity index (χ2v) is 6.90. The van der Waals surface area contributed by atoms with Gasteiger partial charge in [0.1, 0.15) is 0 Å². The third-order valence-corrected chi connectivity index (χ3v) is 5.31. The Kier molecular flexibility index (Phi) is 6.11. The van der Waals surface area contributed by atoms with Crippen molar-refractivity contribution in [2.45, 2.75) is 31.8 Å². The average molecular weight is 374 g/mol. The number of esters is 1. The highest BCUT2D eigenvalue weighted by Gasteiger charge is 2.51. The Balaban J connectivity index is 1.80. The molecule has 2 aliphatic rings. The normalized spacial score (nSPS) is 24.7. The largest absolute Gasteiger partial charge is 0.469 e. The van der Waals surface area contributed by atoms with E-state index in [9.17, 15) is 14.4 Å². The highest BCUT2D eigenvalue weighted by molar-refractivity contribution is 5.88. The maximum Gasteiger partial charge on any atom is 0.311 e. The monoisotopic (exact) mass is 374 g/mol. The zero-order chi connectivity index (χ0) is 19.4. The van der Waals surface area contributed by atoms with Gasteiger partial charge in [-0.05, 0) is 18.9 Å². The van der Waals surface area contributed by atoms with Crippen molar-refractivity contribution in [3.05, 3.63) is 35.9 Å². The molecule has 0 bridgehead atoms. The van der Waals surface area contributed by atoms with Gasteiger partial charge in [0.05, 0.1) is 44.7 Å². The molecule has 3 rings (SSSR count). The fourth-order valence-electron chi connectivity index (χ4n) is 4.11. The fourth-order valence-corrected chi connectivity index (χ4v) is 4.11. The molecular formula is C20H26N2O5. The molecule has 2 fully saturated rings. The third-order valence-electron chi connectivity index (χ3n) is 5.31. The highest BCUT2D eigenvalue weighted by Crippen LogP contribution is 2.43. The van der Waals surface area contributed by atoms with Crippen molar-refractivity contribution in [2.75, 3.05) is 33.4 Å². The molecular weight excluding hydrogens is 348 g/mol. The van der Waals surface area contributed by atoms with Gasteiger partial charge in [0.25, 0.3) is 0 Å². The number of fused-ring (bicyclic) bond motifs is 1. The minimum Gasteiger partial charge on any atom is -0.469 e. The van der Waals surface area contributed by atoms with Gasteiger partial charge in [-0.2, -0.15) is 0 Å². The van der Waals surface area contributed by atoms with E-state index in [1.807, 2.05) is 37.3 Å². The van der Waals surface area contributed by atoms with E-state index in [0.29, 0.717) is 26.2 Å². The van der Waals surface area contributed by atoms with Crippen LogP contribution in [0.5, 0.6) is 0 Å². The molecule has 1 aromatic rings. The fraction of sp³-hybridized carbons (Fsp3) is 0.550. The molecule has 0 radical (unpaired) electrons. The highest BCUT2D eigenvalue weighted by atomic mass is 16.5. The van der Waals surface area contributed by atoms with E-state index in [2.05, 4.69) is 0 Å². The molecule has 0 saturated carbocycles. The number of hydrogen-bond acceptors (Lipinski definition) is 5. The maximum absolute atomic E-state index is 12.9. The molecule has 0 aromatic heterocycles. The van der Waals surface area contributed by atoms with Crippen molar-refractivity contribution in [3.63, 3.8) is 0 Å². The minimum atomic E-state index is -0.426. The Morgan fingerprint density at radius 3 is 2.63 bits per heavy atom. The molecule has 0 aliphatic carbocycles. The first kappa shape index (κ1) is 19.4. The zero-order valence-corrected chi connectivity index (χ0v) is 15.8. The van der Waals surface area contributed by atoms with Crippen molar-refractivity contribution in [1.82, 2.24) is 9.80 Å². The van der Waals surface area contributed by atoms with Crippen molar-refractivity contribution in [2.24, 2.45) is 5.92 Å². The number of carbonyl (C=O) groups is 3. The summed E-state index contributed by atoms with van der Waals surface area (Å²) >= 11 is 0. The van der Waals surface area contributed by atoms with Crippen molar-refractivity contribution in [3.8, 4) is 0 Å². The standard InChI is InChI=1S/C20H26N2O5/c1-3-27-10-9-17(23)21-12-15-11-16(20(25)26-2)19(22(15)18(24)13-21)14-7-5-4-6-8-14/h4-8,15-16,19H,3,9-13H2,1-2H3/t15-,16-,19-/m0/s1. The number of methoxy groups -OCH3 is 1. The number of amides is 2. The predicted octanol–water partition coefficient (Wildman–Crippen LogP) is 1.39. The molecule has 2 saturated heterocycles. The topological polar surface area (TPSA) is 76.2 Å². The quantitative estimate of drug-likeness (QED) is 0.556. The van der Waals surface area contributed by atoms with Gasteiger partial charge < -0.3 is 19.3 Å². The Morgan fingerprint density at radius 1 is 1.22 bits per heavy atom. The summed E-state index contributed by atoms with van der Waals surface area (Å²) in [6, 6.07) is 9.02. The number of carbonyl (C=O) groups excluding carboxylic acids is 3. The number of benzene rings is 1. The lowest BCUT2D eigenvalue weighted by atomic mass is 9.93. The number of ether oxygens (including phenoxy) is 2. The van der Waals surface area contributed by atoms with Crippen LogP contribution < -0.4 is 0 Å². The van der Waals surface area contributed by atoms with Gasteiger partial charge in [-0.15, -0.1) is 0 Å². The van der Waals surface area contributed by atoms with Gasteiger partial charge in [-0.25, -0.2) is 0 Å². The molecule has 0 unspecified atom stereocenters. The average Bonchev–Trinajstić information content (AvgIpc) is 3.08. The van der Waals surface area contributed by atoms with E-state index in [4.69, 9.17) is 9.47 Å². The van der Waals surface area contributed by atoms with Crippen LogP contribution in [0.4, 0.5) is 0 Å². The lowest BCUT2D eigenvalue weighted by molar-refractivity contribution is -0.151. The maximum atomic E-state index is 12.9. The summed E-state index contributed by atoms with van der Waals surface area (Å²) in [5, 5.41) is 0. The summed E-state index contributed by atoms with van der Waals surface area (Å²) in [6.45, 7) is 3.27. The molecule has 1 aromatic carbocycles. The smallest absolute Gasteiger partial charge is 0.311 e. The summed E-state index contributed by atoms with van der Waals surface area (Å²) in [5.74, 6) is -0.962. The predicted molar refractivity (Wildman–Crippen MR) is 97.6 cm³/mol. The van der Waals surface area contributed by atoms with Crippen LogP contribution in [0.1, 0.15) is 31.4 Å². The molecule has 2 heterocycles. The molecule has 3 atom stereocenters. The van der Waals surface area contributed by atoms with Gasteiger partial charge in [-0.1, -0.05) is 30.3 Å². The van der Waals surface area contributed by atoms with E-state index in [1.54, 1.807) is 9.80 Å². The number of rotatable bonds is 6. The Bertz CT molecular complexity index is 693. The van der Waals surface area contributed by atoms with Gasteiger partial charge in [0.2, 0.25) is 11.8 Å². The second kappa shape index (κ2) is 8.52. The van der Waals surface area contributed by atoms with Gasteiger partial charge in [-0.3, -0.25) is 14.4 Å². The first-order valence-corrected chi connectivity index (χ1v) is 9.36. The van der Waals surface area contributed by atoms with Crippen molar-refractivity contribution < 1.29 is 23.9 Å². The summed E-state index contributed by atoms with van der Waals surface area (Å²) in [4.78, 5) is 41.1. The molecule has 27 heavy (non-hydrogen) atoms. The number of nitrogens with zero attached hydrogens (tertiary/aromatic N) is 2. The van der Waals surface area contributed by atoms with Crippen LogP contribution in [-0.4, -0.2) is 67.0 Å². The zero-order valence-electron chi connectivity index (χ0n) is 15.8. The SMILES string of the molecule is CCOCCC(=O)N1CC(=O)N2[C@@H](C[C@H](C(=O)OC)[C@@H]2c2ccccc2)C1. The summed E-state index contributed by atoms with van der Waals surface area (Å²) in [5.41, 5.74) is 0.917. The first-order chi connectivity index (χ1) is 13.1. The number of hydrogen-bond donors (Lipinski definition) is 0.